The lowest BCUT2D eigenvalue weighted by molar-refractivity contribution is -0.139. The van der Waals surface area contributed by atoms with Crippen LogP contribution in [0.5, 0.6) is 0 Å². The number of hydrazine groups is 1. The zero-order chi connectivity index (χ0) is 27.3. The quantitative estimate of drug-likeness (QED) is 0.310. The van der Waals surface area contributed by atoms with Gasteiger partial charge in [-0.05, 0) is 54.8 Å². The predicted octanol–water partition coefficient (Wildman–Crippen LogP) is 5.54. The Bertz CT molecular complexity index is 1340. The summed E-state index contributed by atoms with van der Waals surface area (Å²) in [5, 5.41) is 13.8. The Balaban J connectivity index is 1.81. The van der Waals surface area contributed by atoms with Crippen molar-refractivity contribution in [2.45, 2.75) is 26.3 Å². The number of hydrogen-bond acceptors (Lipinski definition) is 4. The number of benzene rings is 3. The van der Waals surface area contributed by atoms with Crippen LogP contribution >= 0.6 is 23.2 Å². The van der Waals surface area contributed by atoms with Gasteiger partial charge >= 0.3 is 5.97 Å². The normalized spacial score (nSPS) is 11.5. The number of halogens is 2. The van der Waals surface area contributed by atoms with Gasteiger partial charge in [-0.2, -0.15) is 0 Å². The number of nitrogens with one attached hydrogen (secondary N) is 2. The summed E-state index contributed by atoms with van der Waals surface area (Å²) in [6.45, 7) is 7.70. The first-order valence-electron chi connectivity index (χ1n) is 11.4. The van der Waals surface area contributed by atoms with E-state index in [0.29, 0.717) is 16.8 Å². The fraction of sp³-hybridized carbons (Fsp3) is 0.179. The topological polar surface area (TPSA) is 98.7 Å². The highest BCUT2D eigenvalue weighted by molar-refractivity contribution is 6.39. The molecule has 3 N–H and O–H groups in total. The number of aryl methyl sites for hydroxylation is 1. The van der Waals surface area contributed by atoms with E-state index in [1.807, 2.05) is 32.0 Å². The van der Waals surface area contributed by atoms with Crippen LogP contribution in [-0.2, 0) is 11.2 Å². The molecule has 7 nitrogen and oxygen atoms in total. The number of anilines is 1. The maximum Gasteiger partial charge on any atom is 0.326 e. The number of carbonyl (C=O) groups is 3. The molecule has 3 rings (SSSR count). The summed E-state index contributed by atoms with van der Waals surface area (Å²) in [6.07, 6.45) is 0.00846. The highest BCUT2D eigenvalue weighted by atomic mass is 35.5. The summed E-state index contributed by atoms with van der Waals surface area (Å²) in [4.78, 5) is 38.0. The highest BCUT2D eigenvalue weighted by Crippen LogP contribution is 2.26. The van der Waals surface area contributed by atoms with Crippen LogP contribution in [0, 0.1) is 6.92 Å². The van der Waals surface area contributed by atoms with Gasteiger partial charge in [-0.1, -0.05) is 71.8 Å². The Labute approximate surface area is 225 Å². The number of amides is 2. The molecule has 0 heterocycles. The van der Waals surface area contributed by atoms with Crippen molar-refractivity contribution >= 4 is 52.2 Å². The maximum absolute atomic E-state index is 13.5. The monoisotopic (exact) mass is 539 g/mol. The standard InChI is InChI=1S/C28H27Cl2N3O4/c1-16(2)20-8-5-7-17(3)24(20)27(35)33(31-4)19-13-11-18(12-14-19)15-23(28(36)37)32-26(34)25-21(29)9-6-10-22(25)30/h5-14,23,31H,1,15H2,2-4H3,(H,32,34)(H,36,37)/t23-/m0/s1. The minimum atomic E-state index is -1.22. The molecule has 3 aromatic rings. The Morgan fingerprint density at radius 2 is 1.57 bits per heavy atom. The number of aliphatic carboxylic acids is 1. The molecule has 0 aliphatic carbocycles. The van der Waals surface area contributed by atoms with Crippen LogP contribution in [0.15, 0.2) is 67.2 Å². The first-order valence-corrected chi connectivity index (χ1v) is 12.1. The lowest BCUT2D eigenvalue weighted by atomic mass is 9.96. The third kappa shape index (κ3) is 6.38. The van der Waals surface area contributed by atoms with Crippen LogP contribution < -0.4 is 15.8 Å². The summed E-state index contributed by atoms with van der Waals surface area (Å²) in [5.41, 5.74) is 7.04. The van der Waals surface area contributed by atoms with Crippen LogP contribution in [0.1, 0.15) is 44.3 Å². The maximum atomic E-state index is 13.5. The van der Waals surface area contributed by atoms with E-state index in [4.69, 9.17) is 23.2 Å². The van der Waals surface area contributed by atoms with Crippen LogP contribution in [0.4, 0.5) is 5.69 Å². The van der Waals surface area contributed by atoms with Crippen molar-refractivity contribution in [2.75, 3.05) is 12.1 Å². The lowest BCUT2D eigenvalue weighted by Crippen LogP contribution is -2.42. The van der Waals surface area contributed by atoms with Gasteiger partial charge in [-0.25, -0.2) is 15.2 Å². The molecule has 0 bridgehead atoms. The number of rotatable bonds is 9. The molecule has 2 amide bonds. The van der Waals surface area contributed by atoms with E-state index in [-0.39, 0.29) is 27.9 Å². The molecule has 0 unspecified atom stereocenters. The molecule has 37 heavy (non-hydrogen) atoms. The number of hydrogen-bond donors (Lipinski definition) is 3. The summed E-state index contributed by atoms with van der Waals surface area (Å²) >= 11 is 12.2. The summed E-state index contributed by atoms with van der Waals surface area (Å²) < 4.78 is 0. The first-order chi connectivity index (χ1) is 17.5. The van der Waals surface area contributed by atoms with Gasteiger partial charge in [0.15, 0.2) is 0 Å². The lowest BCUT2D eigenvalue weighted by Gasteiger charge is -2.24. The van der Waals surface area contributed by atoms with Crippen molar-refractivity contribution < 1.29 is 19.5 Å². The number of allylic oxidation sites excluding steroid dienone is 1. The Morgan fingerprint density at radius 1 is 0.973 bits per heavy atom. The molecular weight excluding hydrogens is 513 g/mol. The molecule has 0 radical (unpaired) electrons. The number of carboxylic acid groups (broad SMARTS) is 1. The van der Waals surface area contributed by atoms with Crippen molar-refractivity contribution in [3.05, 3.63) is 105 Å². The SMILES string of the molecule is C=C(C)c1cccc(C)c1C(=O)N(NC)c1ccc(C[C@H](NC(=O)c2c(Cl)cccc2Cl)C(=O)O)cc1. The third-order valence-electron chi connectivity index (χ3n) is 5.80. The number of nitrogens with zero attached hydrogens (tertiary/aromatic N) is 1. The highest BCUT2D eigenvalue weighted by Gasteiger charge is 2.25. The van der Waals surface area contributed by atoms with E-state index in [1.54, 1.807) is 37.4 Å². The molecule has 0 fully saturated rings. The average Bonchev–Trinajstić information content (AvgIpc) is 2.84. The van der Waals surface area contributed by atoms with Crippen LogP contribution in [-0.4, -0.2) is 36.0 Å². The van der Waals surface area contributed by atoms with Gasteiger partial charge < -0.3 is 10.4 Å². The Kier molecular flexibility index (Phi) is 9.10. The third-order valence-corrected chi connectivity index (χ3v) is 6.43. The van der Waals surface area contributed by atoms with Gasteiger partial charge in [0.25, 0.3) is 11.8 Å². The average molecular weight is 540 g/mol. The molecule has 3 aromatic carbocycles. The molecule has 0 aromatic heterocycles. The fourth-order valence-electron chi connectivity index (χ4n) is 3.93. The van der Waals surface area contributed by atoms with E-state index < -0.39 is 17.9 Å². The Morgan fingerprint density at radius 3 is 2.11 bits per heavy atom. The number of carbonyl (C=O) groups excluding carboxylic acids is 2. The van der Waals surface area contributed by atoms with Crippen molar-refractivity contribution in [2.24, 2.45) is 0 Å². The van der Waals surface area contributed by atoms with Crippen LogP contribution in [0.2, 0.25) is 10.0 Å². The molecular formula is C28H27Cl2N3O4. The van der Waals surface area contributed by atoms with E-state index in [0.717, 1.165) is 16.7 Å². The van der Waals surface area contributed by atoms with Crippen molar-refractivity contribution in [3.63, 3.8) is 0 Å². The van der Waals surface area contributed by atoms with Crippen LogP contribution in [0.3, 0.4) is 0 Å². The van der Waals surface area contributed by atoms with Crippen molar-refractivity contribution in [1.29, 1.82) is 0 Å². The molecule has 0 saturated carbocycles. The Hall–Kier alpha value is -3.65. The van der Waals surface area contributed by atoms with E-state index in [2.05, 4.69) is 17.3 Å². The molecule has 1 atom stereocenters. The molecule has 0 saturated heterocycles. The zero-order valence-electron chi connectivity index (χ0n) is 20.6. The van der Waals surface area contributed by atoms with E-state index >= 15 is 0 Å². The minimum Gasteiger partial charge on any atom is -0.480 e. The van der Waals surface area contributed by atoms with Gasteiger partial charge in [0.2, 0.25) is 0 Å². The summed E-state index contributed by atoms with van der Waals surface area (Å²) in [7, 11) is 1.64. The summed E-state index contributed by atoms with van der Waals surface area (Å²) in [5.74, 6) is -2.14. The van der Waals surface area contributed by atoms with Crippen molar-refractivity contribution in [1.82, 2.24) is 10.7 Å². The van der Waals surface area contributed by atoms with Gasteiger partial charge in [-0.15, -0.1) is 0 Å². The van der Waals surface area contributed by atoms with Gasteiger partial charge in [-0.3, -0.25) is 9.59 Å². The van der Waals surface area contributed by atoms with Gasteiger partial charge in [0.05, 0.1) is 26.9 Å². The zero-order valence-corrected chi connectivity index (χ0v) is 22.2. The second kappa shape index (κ2) is 12.1. The molecule has 0 aliphatic heterocycles. The first kappa shape index (κ1) is 27.9. The van der Waals surface area contributed by atoms with E-state index in [9.17, 15) is 19.5 Å². The second-order valence-corrected chi connectivity index (χ2v) is 9.29. The molecule has 0 aliphatic rings. The van der Waals surface area contributed by atoms with Crippen LogP contribution in [0.25, 0.3) is 5.57 Å². The van der Waals surface area contributed by atoms with Gasteiger partial charge in [0, 0.05) is 13.5 Å². The predicted molar refractivity (Wildman–Crippen MR) is 147 cm³/mol. The molecule has 9 heteroatoms. The van der Waals surface area contributed by atoms with E-state index in [1.165, 1.54) is 17.1 Å². The smallest absolute Gasteiger partial charge is 0.326 e. The molecule has 192 valence electrons. The molecule has 0 spiro atoms. The van der Waals surface area contributed by atoms with Crippen molar-refractivity contribution in [3.8, 4) is 0 Å². The largest absolute Gasteiger partial charge is 0.480 e. The fourth-order valence-corrected chi connectivity index (χ4v) is 4.50. The second-order valence-electron chi connectivity index (χ2n) is 8.47. The minimum absolute atomic E-state index is 0.00846. The van der Waals surface area contributed by atoms with Gasteiger partial charge in [0.1, 0.15) is 6.04 Å². The number of carboxylic acids is 1. The summed E-state index contributed by atoms with van der Waals surface area (Å²) in [6, 6.07) is 15.8.